The highest BCUT2D eigenvalue weighted by molar-refractivity contribution is 5.89. The van der Waals surface area contributed by atoms with Crippen LogP contribution in [0.4, 0.5) is 0 Å². The normalized spacial score (nSPS) is 23.9. The maximum atomic E-state index is 12.7. The molecule has 0 bridgehead atoms. The van der Waals surface area contributed by atoms with Crippen molar-refractivity contribution in [2.75, 3.05) is 13.2 Å². The number of hydrogen-bond donors (Lipinski definition) is 0. The molecule has 0 aromatic heterocycles. The van der Waals surface area contributed by atoms with Crippen LogP contribution in [0.15, 0.2) is 36.4 Å². The quantitative estimate of drug-likeness (QED) is 0.147. The Kier molecular flexibility index (Phi) is 11.0. The van der Waals surface area contributed by atoms with Crippen LogP contribution in [-0.4, -0.2) is 31.1 Å². The van der Waals surface area contributed by atoms with E-state index < -0.39 is 11.9 Å². The smallest absolute Gasteiger partial charge is 0.338 e. The number of unbranched alkanes of at least 4 members (excludes halogenated alkanes) is 1. The molecule has 0 atom stereocenters. The van der Waals surface area contributed by atoms with Crippen molar-refractivity contribution in [1.29, 1.82) is 0 Å². The third-order valence-corrected chi connectivity index (χ3v) is 7.90. The fourth-order valence-corrected chi connectivity index (χ4v) is 5.49. The molecule has 2 aliphatic carbocycles. The summed E-state index contributed by atoms with van der Waals surface area (Å²) in [6, 6.07) is 6.51. The van der Waals surface area contributed by atoms with Gasteiger partial charge in [-0.05, 0) is 100 Å². The number of carbonyl (C=O) groups is 3. The molecule has 2 saturated carbocycles. The van der Waals surface area contributed by atoms with Gasteiger partial charge >= 0.3 is 17.9 Å². The van der Waals surface area contributed by atoms with Gasteiger partial charge in [-0.2, -0.15) is 0 Å². The molecule has 3 rings (SSSR count). The number of hydrogen-bond acceptors (Lipinski definition) is 6. The van der Waals surface area contributed by atoms with Crippen LogP contribution in [-0.2, 0) is 19.1 Å². The van der Waals surface area contributed by atoms with Gasteiger partial charge in [0, 0.05) is 5.57 Å². The van der Waals surface area contributed by atoms with Crippen LogP contribution in [0.2, 0.25) is 0 Å². The number of carbonyl (C=O) groups excluding carboxylic acids is 3. The first-order valence-electron chi connectivity index (χ1n) is 13.7. The van der Waals surface area contributed by atoms with Gasteiger partial charge in [0.05, 0.1) is 24.7 Å². The lowest BCUT2D eigenvalue weighted by Gasteiger charge is -2.37. The SMILES string of the molecule is C=C(C)C(=O)OCCCCOC(=O)c1ccc(OC(=O)C2CCC(C3CCC(CC)CC3)CC2)cc1. The Morgan fingerprint density at radius 2 is 1.39 bits per heavy atom. The maximum Gasteiger partial charge on any atom is 0.338 e. The summed E-state index contributed by atoms with van der Waals surface area (Å²) in [7, 11) is 0. The summed E-state index contributed by atoms with van der Waals surface area (Å²) in [6.45, 7) is 7.93. The highest BCUT2D eigenvalue weighted by atomic mass is 16.5. The second-order valence-electron chi connectivity index (χ2n) is 10.5. The molecule has 6 nitrogen and oxygen atoms in total. The van der Waals surface area contributed by atoms with Gasteiger partial charge in [0.15, 0.2) is 0 Å². The topological polar surface area (TPSA) is 78.9 Å². The van der Waals surface area contributed by atoms with Crippen LogP contribution in [0.3, 0.4) is 0 Å². The van der Waals surface area contributed by atoms with E-state index in [0.717, 1.165) is 43.4 Å². The summed E-state index contributed by atoms with van der Waals surface area (Å²) in [6.07, 6.45) is 12.0. The molecule has 0 N–H and O–H groups in total. The van der Waals surface area contributed by atoms with E-state index in [9.17, 15) is 14.4 Å². The van der Waals surface area contributed by atoms with Crippen LogP contribution >= 0.6 is 0 Å². The van der Waals surface area contributed by atoms with E-state index in [4.69, 9.17) is 14.2 Å². The fraction of sp³-hybridized carbons (Fsp3) is 0.633. The monoisotopic (exact) mass is 498 g/mol. The van der Waals surface area contributed by atoms with Gasteiger partial charge in [0.2, 0.25) is 0 Å². The molecule has 2 fully saturated rings. The molecule has 0 heterocycles. The number of benzene rings is 1. The molecule has 2 aliphatic rings. The molecule has 36 heavy (non-hydrogen) atoms. The third-order valence-electron chi connectivity index (χ3n) is 7.90. The van der Waals surface area contributed by atoms with Crippen LogP contribution in [0.25, 0.3) is 0 Å². The lowest BCUT2D eigenvalue weighted by molar-refractivity contribution is -0.140. The average Bonchev–Trinajstić information content (AvgIpc) is 2.90. The number of esters is 3. The molecule has 1 aromatic rings. The summed E-state index contributed by atoms with van der Waals surface area (Å²) in [5.41, 5.74) is 0.768. The molecule has 0 spiro atoms. The van der Waals surface area contributed by atoms with Crippen molar-refractivity contribution >= 4 is 17.9 Å². The largest absolute Gasteiger partial charge is 0.462 e. The van der Waals surface area contributed by atoms with Crippen molar-refractivity contribution in [3.63, 3.8) is 0 Å². The number of ether oxygens (including phenoxy) is 3. The minimum absolute atomic E-state index is 0.0347. The standard InChI is InChI=1S/C30H42O6/c1-4-22-7-9-23(10-8-22)24-11-13-26(14-12-24)30(33)36-27-17-15-25(16-18-27)29(32)35-20-6-5-19-34-28(31)21(2)3/h15-18,22-24,26H,2,4-14,19-20H2,1,3H3. The van der Waals surface area contributed by atoms with E-state index in [1.54, 1.807) is 31.2 Å². The van der Waals surface area contributed by atoms with Crippen molar-refractivity contribution in [3.05, 3.63) is 42.0 Å². The van der Waals surface area contributed by atoms with Crippen molar-refractivity contribution < 1.29 is 28.6 Å². The van der Waals surface area contributed by atoms with E-state index in [2.05, 4.69) is 13.5 Å². The highest BCUT2D eigenvalue weighted by Crippen LogP contribution is 2.42. The van der Waals surface area contributed by atoms with Gasteiger partial charge in [-0.15, -0.1) is 0 Å². The van der Waals surface area contributed by atoms with Crippen molar-refractivity contribution in [1.82, 2.24) is 0 Å². The van der Waals surface area contributed by atoms with Gasteiger partial charge in [-0.3, -0.25) is 4.79 Å². The molecule has 1 aromatic carbocycles. The molecule has 0 aliphatic heterocycles. The van der Waals surface area contributed by atoms with Gasteiger partial charge in [-0.25, -0.2) is 9.59 Å². The molecular formula is C30H42O6. The van der Waals surface area contributed by atoms with Crippen LogP contribution < -0.4 is 4.74 Å². The number of rotatable bonds is 11. The minimum Gasteiger partial charge on any atom is -0.462 e. The summed E-state index contributed by atoms with van der Waals surface area (Å²) in [5, 5.41) is 0. The van der Waals surface area contributed by atoms with Crippen molar-refractivity contribution in [2.24, 2.45) is 23.7 Å². The Hall–Kier alpha value is -2.63. The minimum atomic E-state index is -0.432. The molecule has 0 radical (unpaired) electrons. The molecule has 0 unspecified atom stereocenters. The van der Waals surface area contributed by atoms with Gasteiger partial charge < -0.3 is 14.2 Å². The zero-order valence-electron chi connectivity index (χ0n) is 22.0. The molecular weight excluding hydrogens is 456 g/mol. The Morgan fingerprint density at radius 3 is 1.94 bits per heavy atom. The Bertz CT molecular complexity index is 873. The first kappa shape index (κ1) is 27.9. The van der Waals surface area contributed by atoms with Crippen LogP contribution in [0.5, 0.6) is 5.75 Å². The predicted octanol–water partition coefficient (Wildman–Crippen LogP) is 6.67. The van der Waals surface area contributed by atoms with Crippen LogP contribution in [0, 0.1) is 23.7 Å². The van der Waals surface area contributed by atoms with Crippen molar-refractivity contribution in [2.45, 2.75) is 84.5 Å². The zero-order chi connectivity index (χ0) is 25.9. The zero-order valence-corrected chi connectivity index (χ0v) is 22.0. The van der Waals surface area contributed by atoms with E-state index in [-0.39, 0.29) is 25.1 Å². The summed E-state index contributed by atoms with van der Waals surface area (Å²) in [4.78, 5) is 36.2. The summed E-state index contributed by atoms with van der Waals surface area (Å²) >= 11 is 0. The lowest BCUT2D eigenvalue weighted by atomic mass is 9.69. The van der Waals surface area contributed by atoms with Gasteiger partial charge in [0.25, 0.3) is 0 Å². The Morgan fingerprint density at radius 1 is 0.833 bits per heavy atom. The Labute approximate surface area is 215 Å². The molecule has 198 valence electrons. The first-order valence-corrected chi connectivity index (χ1v) is 13.7. The second kappa shape index (κ2) is 14.2. The summed E-state index contributed by atoms with van der Waals surface area (Å²) < 4.78 is 15.9. The summed E-state index contributed by atoms with van der Waals surface area (Å²) in [5.74, 6) is 1.95. The average molecular weight is 499 g/mol. The van der Waals surface area contributed by atoms with E-state index >= 15 is 0 Å². The fourth-order valence-electron chi connectivity index (χ4n) is 5.49. The van der Waals surface area contributed by atoms with Crippen LogP contribution in [0.1, 0.15) is 94.8 Å². The van der Waals surface area contributed by atoms with Gasteiger partial charge in [-0.1, -0.05) is 32.8 Å². The molecule has 6 heteroatoms. The predicted molar refractivity (Wildman–Crippen MR) is 139 cm³/mol. The highest BCUT2D eigenvalue weighted by Gasteiger charge is 2.33. The maximum absolute atomic E-state index is 12.7. The van der Waals surface area contributed by atoms with E-state index in [0.29, 0.717) is 29.7 Å². The van der Waals surface area contributed by atoms with Gasteiger partial charge in [0.1, 0.15) is 5.75 Å². The first-order chi connectivity index (χ1) is 17.4. The lowest BCUT2D eigenvalue weighted by Crippen LogP contribution is -2.30. The second-order valence-corrected chi connectivity index (χ2v) is 10.5. The molecule has 0 saturated heterocycles. The van der Waals surface area contributed by atoms with E-state index in [1.165, 1.54) is 32.1 Å². The third kappa shape index (κ3) is 8.49. The molecule has 0 amide bonds. The van der Waals surface area contributed by atoms with E-state index in [1.807, 2.05) is 0 Å². The van der Waals surface area contributed by atoms with Crippen molar-refractivity contribution in [3.8, 4) is 5.75 Å². The Balaban J connectivity index is 1.33.